The summed E-state index contributed by atoms with van der Waals surface area (Å²) in [6, 6.07) is 0. The molecule has 0 bridgehead atoms. The zero-order valence-corrected chi connectivity index (χ0v) is 14.8. The molecule has 1 N–H and O–H groups in total. The average Bonchev–Trinajstić information content (AvgIpc) is 3.36. The van der Waals surface area contributed by atoms with E-state index in [9.17, 15) is 14.4 Å². The molecule has 0 aromatic carbocycles. The Morgan fingerprint density at radius 2 is 1.32 bits per heavy atom. The first kappa shape index (κ1) is 15.8. The molecule has 136 valence electrons. The van der Waals surface area contributed by atoms with E-state index >= 15 is 0 Å². The van der Waals surface area contributed by atoms with E-state index in [1.807, 2.05) is 0 Å². The molecule has 6 saturated carbocycles. The third kappa shape index (κ3) is 1.87. The number of esters is 1. The molecule has 0 saturated heterocycles. The Balaban J connectivity index is 0.000000115. The van der Waals surface area contributed by atoms with E-state index in [4.69, 9.17) is 9.84 Å². The molecular weight excluding hydrogens is 320 g/mol. The summed E-state index contributed by atoms with van der Waals surface area (Å²) in [5, 5.41) is 8.64. The first-order valence-corrected chi connectivity index (χ1v) is 9.82. The molecule has 0 aromatic heterocycles. The molecule has 0 unspecified atom stereocenters. The number of ketones is 1. The third-order valence-electron chi connectivity index (χ3n) is 8.53. The van der Waals surface area contributed by atoms with Gasteiger partial charge in [-0.25, -0.2) is 4.79 Å². The number of carbonyl (C=O) groups is 3. The SMILES string of the molecule is CCOC(=O)C(=O)C1C2(CC2)C12CC2.O=C(O)CC1C2(CC2)C12CC2. The predicted molar refractivity (Wildman–Crippen MR) is 87.5 cm³/mol. The summed E-state index contributed by atoms with van der Waals surface area (Å²) in [4.78, 5) is 33.5. The molecule has 0 heterocycles. The van der Waals surface area contributed by atoms with E-state index in [1.54, 1.807) is 6.92 Å². The second-order valence-corrected chi connectivity index (χ2v) is 9.29. The number of Topliss-reactive ketones (excluding diaryl/α,β-unsaturated/α-hetero) is 1. The van der Waals surface area contributed by atoms with Crippen LogP contribution in [0.4, 0.5) is 0 Å². The van der Waals surface area contributed by atoms with Crippen LogP contribution in [0.15, 0.2) is 0 Å². The Morgan fingerprint density at radius 3 is 1.64 bits per heavy atom. The van der Waals surface area contributed by atoms with Gasteiger partial charge in [0.2, 0.25) is 5.78 Å². The lowest BCUT2D eigenvalue weighted by atomic mass is 10.2. The molecule has 6 aliphatic rings. The van der Waals surface area contributed by atoms with Gasteiger partial charge in [-0.1, -0.05) is 0 Å². The van der Waals surface area contributed by atoms with Crippen molar-refractivity contribution in [2.24, 2.45) is 33.5 Å². The Hall–Kier alpha value is -1.39. The number of fused-ring (bicyclic) bond motifs is 2. The molecule has 0 aromatic rings. The lowest BCUT2D eigenvalue weighted by molar-refractivity contribution is -0.154. The fourth-order valence-corrected chi connectivity index (χ4v) is 6.77. The van der Waals surface area contributed by atoms with Crippen molar-refractivity contribution in [3.8, 4) is 0 Å². The molecule has 0 aliphatic heterocycles. The summed E-state index contributed by atoms with van der Waals surface area (Å²) in [7, 11) is 0. The maximum absolute atomic E-state index is 11.7. The Morgan fingerprint density at radius 1 is 0.880 bits per heavy atom. The van der Waals surface area contributed by atoms with Crippen molar-refractivity contribution in [2.75, 3.05) is 6.61 Å². The van der Waals surface area contributed by atoms with Crippen molar-refractivity contribution in [3.63, 3.8) is 0 Å². The lowest BCUT2D eigenvalue weighted by Crippen LogP contribution is -2.20. The van der Waals surface area contributed by atoms with Gasteiger partial charge in [0.1, 0.15) is 0 Å². The van der Waals surface area contributed by atoms with Crippen LogP contribution < -0.4 is 0 Å². The van der Waals surface area contributed by atoms with Gasteiger partial charge in [0, 0.05) is 12.3 Å². The standard InChI is InChI=1S/C11H14O3.C9H12O2/c1-2-14-9(13)7(12)8-10(3-4-10)11(8)5-6-11;10-7(11)5-6-8(1-2-8)9(6)3-4-9/h8H,2-6H2,1H3;6H,1-5H2,(H,10,11). The number of carbonyl (C=O) groups excluding carboxylic acids is 2. The van der Waals surface area contributed by atoms with Crippen LogP contribution in [-0.2, 0) is 19.1 Å². The predicted octanol–water partition coefficient (Wildman–Crippen LogP) is 2.96. The molecule has 6 fully saturated rings. The minimum absolute atomic E-state index is 0.0362. The van der Waals surface area contributed by atoms with Crippen LogP contribution in [0.2, 0.25) is 0 Å². The second kappa shape index (κ2) is 4.47. The van der Waals surface area contributed by atoms with E-state index < -0.39 is 11.9 Å². The highest BCUT2D eigenvalue weighted by Gasteiger charge is 2.89. The maximum atomic E-state index is 11.7. The van der Waals surface area contributed by atoms with Crippen molar-refractivity contribution in [2.45, 2.75) is 64.7 Å². The summed E-state index contributed by atoms with van der Waals surface area (Å²) < 4.78 is 4.76. The van der Waals surface area contributed by atoms with Crippen molar-refractivity contribution < 1.29 is 24.2 Å². The van der Waals surface area contributed by atoms with Crippen molar-refractivity contribution >= 4 is 17.7 Å². The minimum atomic E-state index is -0.604. The summed E-state index contributed by atoms with van der Waals surface area (Å²) in [6.07, 6.45) is 10.4. The number of carboxylic acid groups (broad SMARTS) is 1. The summed E-state index contributed by atoms with van der Waals surface area (Å²) in [6.45, 7) is 2.04. The molecule has 6 aliphatic carbocycles. The topological polar surface area (TPSA) is 80.7 Å². The normalized spacial score (nSPS) is 35.6. The van der Waals surface area contributed by atoms with Gasteiger partial charge in [-0.15, -0.1) is 0 Å². The van der Waals surface area contributed by atoms with Crippen molar-refractivity contribution in [1.82, 2.24) is 0 Å². The molecule has 0 radical (unpaired) electrons. The number of hydrogen-bond acceptors (Lipinski definition) is 4. The van der Waals surface area contributed by atoms with Gasteiger partial charge in [-0.2, -0.15) is 0 Å². The van der Waals surface area contributed by atoms with Gasteiger partial charge in [0.15, 0.2) is 0 Å². The summed E-state index contributed by atoms with van der Waals surface area (Å²) in [5.41, 5.74) is 1.70. The van der Waals surface area contributed by atoms with Gasteiger partial charge >= 0.3 is 11.9 Å². The van der Waals surface area contributed by atoms with Crippen LogP contribution in [0.5, 0.6) is 0 Å². The number of aliphatic carboxylic acids is 1. The number of hydrogen-bond donors (Lipinski definition) is 1. The average molecular weight is 346 g/mol. The molecule has 5 nitrogen and oxygen atoms in total. The van der Waals surface area contributed by atoms with Crippen molar-refractivity contribution in [1.29, 1.82) is 0 Å². The largest absolute Gasteiger partial charge is 0.481 e. The Kier molecular flexibility index (Phi) is 2.83. The van der Waals surface area contributed by atoms with Gasteiger partial charge in [0.05, 0.1) is 6.61 Å². The molecule has 0 atom stereocenters. The van der Waals surface area contributed by atoms with E-state index in [2.05, 4.69) is 0 Å². The number of carboxylic acids is 1. The lowest BCUT2D eigenvalue weighted by Gasteiger charge is -1.98. The first-order chi connectivity index (χ1) is 11.9. The molecule has 0 amide bonds. The maximum Gasteiger partial charge on any atom is 0.374 e. The quantitative estimate of drug-likeness (QED) is 0.611. The Bertz CT molecular complexity index is 640. The highest BCUT2D eigenvalue weighted by molar-refractivity contribution is 6.36. The zero-order valence-electron chi connectivity index (χ0n) is 14.8. The fourth-order valence-electron chi connectivity index (χ4n) is 6.77. The van der Waals surface area contributed by atoms with Gasteiger partial charge < -0.3 is 9.84 Å². The highest BCUT2D eigenvalue weighted by Crippen LogP contribution is 2.93. The second-order valence-electron chi connectivity index (χ2n) is 9.29. The van der Waals surface area contributed by atoms with Crippen LogP contribution in [-0.4, -0.2) is 29.4 Å². The fraction of sp³-hybridized carbons (Fsp3) is 0.850. The van der Waals surface area contributed by atoms with Crippen molar-refractivity contribution in [3.05, 3.63) is 0 Å². The van der Waals surface area contributed by atoms with E-state index in [-0.39, 0.29) is 22.5 Å². The smallest absolute Gasteiger partial charge is 0.374 e. The number of rotatable bonds is 5. The Labute approximate surface area is 147 Å². The van der Waals surface area contributed by atoms with Gasteiger partial charge in [-0.05, 0) is 85.9 Å². The molecular formula is C20H26O5. The van der Waals surface area contributed by atoms with Crippen LogP contribution in [0, 0.1) is 33.5 Å². The van der Waals surface area contributed by atoms with Crippen LogP contribution in [0.25, 0.3) is 0 Å². The van der Waals surface area contributed by atoms with Crippen LogP contribution >= 0.6 is 0 Å². The summed E-state index contributed by atoms with van der Waals surface area (Å²) >= 11 is 0. The molecule has 4 spiro atoms. The van der Waals surface area contributed by atoms with Crippen LogP contribution in [0.1, 0.15) is 64.7 Å². The van der Waals surface area contributed by atoms with Gasteiger partial charge in [0.25, 0.3) is 0 Å². The molecule has 5 heteroatoms. The minimum Gasteiger partial charge on any atom is -0.481 e. The van der Waals surface area contributed by atoms with Gasteiger partial charge in [-0.3, -0.25) is 9.59 Å². The van der Waals surface area contributed by atoms with Crippen LogP contribution in [0.3, 0.4) is 0 Å². The zero-order chi connectivity index (χ0) is 17.7. The highest BCUT2D eigenvalue weighted by atomic mass is 16.5. The third-order valence-corrected chi connectivity index (χ3v) is 8.53. The summed E-state index contributed by atoms with van der Waals surface area (Å²) in [5.74, 6) is -0.832. The number of ether oxygens (including phenoxy) is 1. The molecule has 6 rings (SSSR count). The van der Waals surface area contributed by atoms with E-state index in [0.717, 1.165) is 25.7 Å². The molecule has 25 heavy (non-hydrogen) atoms. The first-order valence-electron chi connectivity index (χ1n) is 9.82. The monoisotopic (exact) mass is 346 g/mol. The van der Waals surface area contributed by atoms with E-state index in [1.165, 1.54) is 25.7 Å². The van der Waals surface area contributed by atoms with E-state index in [0.29, 0.717) is 29.8 Å².